The minimum absolute atomic E-state index is 0.0381. The molecule has 3 rings (SSSR count). The minimum Gasteiger partial charge on any atom is -0.312 e. The summed E-state index contributed by atoms with van der Waals surface area (Å²) in [7, 11) is 0. The molecule has 5 heteroatoms. The summed E-state index contributed by atoms with van der Waals surface area (Å²) < 4.78 is 0. The summed E-state index contributed by atoms with van der Waals surface area (Å²) in [5, 5.41) is 3.98. The van der Waals surface area contributed by atoms with E-state index >= 15 is 0 Å². The van der Waals surface area contributed by atoms with E-state index in [2.05, 4.69) is 10.5 Å². The Balaban J connectivity index is 1.58. The molecule has 2 aromatic rings. The minimum atomic E-state index is -0.382. The summed E-state index contributed by atoms with van der Waals surface area (Å²) in [4.78, 5) is 26.0. The summed E-state index contributed by atoms with van der Waals surface area (Å²) in [6, 6.07) is 17.2. The van der Waals surface area contributed by atoms with Crippen LogP contribution < -0.4 is 10.3 Å². The Morgan fingerprint density at radius 1 is 1.17 bits per heavy atom. The van der Waals surface area contributed by atoms with Crippen molar-refractivity contribution in [1.82, 2.24) is 5.43 Å². The van der Waals surface area contributed by atoms with Crippen LogP contribution in [0.25, 0.3) is 0 Å². The summed E-state index contributed by atoms with van der Waals surface area (Å²) in [5.74, 6) is -0.651. The van der Waals surface area contributed by atoms with Crippen LogP contribution in [-0.4, -0.2) is 24.6 Å². The smallest absolute Gasteiger partial charge is 0.245 e. The van der Waals surface area contributed by atoms with Crippen molar-refractivity contribution in [3.8, 4) is 0 Å². The molecule has 0 unspecified atom stereocenters. The lowest BCUT2D eigenvalue weighted by molar-refractivity contribution is -0.126. The zero-order valence-corrected chi connectivity index (χ0v) is 13.5. The van der Waals surface area contributed by atoms with E-state index < -0.39 is 0 Å². The van der Waals surface area contributed by atoms with Gasteiger partial charge in [0.05, 0.1) is 12.1 Å². The molecular weight excluding hydrogens is 302 g/mol. The van der Waals surface area contributed by atoms with Crippen LogP contribution in [0.15, 0.2) is 59.7 Å². The van der Waals surface area contributed by atoms with Gasteiger partial charge < -0.3 is 4.90 Å². The Morgan fingerprint density at radius 3 is 2.58 bits per heavy atom. The normalized spacial score (nSPS) is 17.5. The highest BCUT2D eigenvalue weighted by Crippen LogP contribution is 2.24. The third kappa shape index (κ3) is 3.68. The highest BCUT2D eigenvalue weighted by molar-refractivity contribution is 6.00. The van der Waals surface area contributed by atoms with Crippen LogP contribution in [0, 0.1) is 12.8 Å². The molecular formula is C19H19N3O2. The number of carbonyl (C=O) groups is 2. The molecule has 1 aliphatic heterocycles. The Bertz CT molecular complexity index is 754. The molecule has 1 aliphatic rings. The maximum Gasteiger partial charge on any atom is 0.245 e. The summed E-state index contributed by atoms with van der Waals surface area (Å²) in [6.45, 7) is 2.40. The van der Waals surface area contributed by atoms with E-state index in [4.69, 9.17) is 0 Å². The van der Waals surface area contributed by atoms with Gasteiger partial charge in [-0.05, 0) is 24.6 Å². The number of amides is 2. The fourth-order valence-electron chi connectivity index (χ4n) is 2.65. The lowest BCUT2D eigenvalue weighted by atomic mass is 10.1. The van der Waals surface area contributed by atoms with Crippen molar-refractivity contribution in [3.05, 3.63) is 65.7 Å². The standard InChI is InChI=1S/C19H19N3O2/c1-14-7-9-15(10-8-14)12-20-21-19(24)16-11-18(23)22(13-16)17-5-3-2-4-6-17/h2-10,12,16H,11,13H2,1H3,(H,21,24)/b20-12-/t16-/m0/s1. The van der Waals surface area contributed by atoms with E-state index in [-0.39, 0.29) is 24.2 Å². The quantitative estimate of drug-likeness (QED) is 0.695. The number of rotatable bonds is 4. The van der Waals surface area contributed by atoms with Crippen molar-refractivity contribution in [1.29, 1.82) is 0 Å². The molecule has 2 aromatic carbocycles. The molecule has 0 radical (unpaired) electrons. The van der Waals surface area contributed by atoms with Gasteiger partial charge in [0, 0.05) is 18.7 Å². The van der Waals surface area contributed by atoms with E-state index in [1.807, 2.05) is 61.5 Å². The number of hydrazone groups is 1. The van der Waals surface area contributed by atoms with E-state index in [1.54, 1.807) is 11.1 Å². The average molecular weight is 321 g/mol. The molecule has 0 spiro atoms. The first-order valence-electron chi connectivity index (χ1n) is 7.88. The number of hydrogen-bond acceptors (Lipinski definition) is 3. The molecule has 1 fully saturated rings. The first-order valence-corrected chi connectivity index (χ1v) is 7.88. The third-order valence-corrected chi connectivity index (χ3v) is 4.03. The lowest BCUT2D eigenvalue weighted by Gasteiger charge is -2.16. The van der Waals surface area contributed by atoms with E-state index in [0.29, 0.717) is 6.54 Å². The molecule has 1 heterocycles. The van der Waals surface area contributed by atoms with Gasteiger partial charge >= 0.3 is 0 Å². The van der Waals surface area contributed by atoms with Gasteiger partial charge in [0.2, 0.25) is 11.8 Å². The molecule has 0 aliphatic carbocycles. The molecule has 0 aromatic heterocycles. The fourth-order valence-corrected chi connectivity index (χ4v) is 2.65. The van der Waals surface area contributed by atoms with E-state index in [9.17, 15) is 9.59 Å². The number of carbonyl (C=O) groups excluding carboxylic acids is 2. The monoisotopic (exact) mass is 321 g/mol. The molecule has 2 amide bonds. The van der Waals surface area contributed by atoms with Crippen molar-refractivity contribution >= 4 is 23.7 Å². The predicted octanol–water partition coefficient (Wildman–Crippen LogP) is 2.50. The highest BCUT2D eigenvalue weighted by Gasteiger charge is 2.34. The molecule has 1 N–H and O–H groups in total. The number of hydrogen-bond donors (Lipinski definition) is 1. The zero-order chi connectivity index (χ0) is 16.9. The second-order valence-electron chi connectivity index (χ2n) is 5.89. The van der Waals surface area contributed by atoms with Gasteiger partial charge in [-0.25, -0.2) is 5.43 Å². The van der Waals surface area contributed by atoms with Crippen LogP contribution in [0.3, 0.4) is 0 Å². The van der Waals surface area contributed by atoms with Crippen LogP contribution in [0.2, 0.25) is 0 Å². The Morgan fingerprint density at radius 2 is 1.88 bits per heavy atom. The number of anilines is 1. The third-order valence-electron chi connectivity index (χ3n) is 4.03. The van der Waals surface area contributed by atoms with Crippen molar-refractivity contribution in [2.45, 2.75) is 13.3 Å². The lowest BCUT2D eigenvalue weighted by Crippen LogP contribution is -2.30. The molecule has 24 heavy (non-hydrogen) atoms. The first-order chi connectivity index (χ1) is 11.6. The van der Waals surface area contributed by atoms with Crippen molar-refractivity contribution in [2.24, 2.45) is 11.0 Å². The van der Waals surface area contributed by atoms with E-state index in [0.717, 1.165) is 11.3 Å². The maximum absolute atomic E-state index is 12.2. The molecule has 5 nitrogen and oxygen atoms in total. The number of nitrogens with zero attached hydrogens (tertiary/aromatic N) is 2. The van der Waals surface area contributed by atoms with Gasteiger partial charge in [0.15, 0.2) is 0 Å². The van der Waals surface area contributed by atoms with Gasteiger partial charge in [-0.1, -0.05) is 48.0 Å². The fraction of sp³-hybridized carbons (Fsp3) is 0.211. The van der Waals surface area contributed by atoms with Crippen molar-refractivity contribution in [2.75, 3.05) is 11.4 Å². The predicted molar refractivity (Wildman–Crippen MR) is 93.8 cm³/mol. The Labute approximate surface area is 141 Å². The zero-order valence-electron chi connectivity index (χ0n) is 13.5. The second-order valence-corrected chi connectivity index (χ2v) is 5.89. The van der Waals surface area contributed by atoms with Crippen LogP contribution >= 0.6 is 0 Å². The van der Waals surface area contributed by atoms with Crippen LogP contribution in [0.5, 0.6) is 0 Å². The van der Waals surface area contributed by atoms with Gasteiger partial charge in [0.25, 0.3) is 0 Å². The Kier molecular flexibility index (Phi) is 4.70. The number of benzene rings is 2. The maximum atomic E-state index is 12.2. The summed E-state index contributed by atoms with van der Waals surface area (Å²) in [6.07, 6.45) is 1.81. The van der Waals surface area contributed by atoms with Gasteiger partial charge in [-0.3, -0.25) is 9.59 Å². The van der Waals surface area contributed by atoms with E-state index in [1.165, 1.54) is 5.56 Å². The topological polar surface area (TPSA) is 61.8 Å². The van der Waals surface area contributed by atoms with Crippen LogP contribution in [0.1, 0.15) is 17.5 Å². The van der Waals surface area contributed by atoms with Crippen molar-refractivity contribution in [3.63, 3.8) is 0 Å². The second kappa shape index (κ2) is 7.08. The van der Waals surface area contributed by atoms with Crippen LogP contribution in [0.4, 0.5) is 5.69 Å². The van der Waals surface area contributed by atoms with Gasteiger partial charge in [0.1, 0.15) is 0 Å². The summed E-state index contributed by atoms with van der Waals surface area (Å²) in [5.41, 5.74) is 5.43. The number of para-hydroxylation sites is 1. The van der Waals surface area contributed by atoms with Crippen molar-refractivity contribution < 1.29 is 9.59 Å². The largest absolute Gasteiger partial charge is 0.312 e. The molecule has 0 saturated carbocycles. The van der Waals surface area contributed by atoms with Crippen LogP contribution in [-0.2, 0) is 9.59 Å². The number of aryl methyl sites for hydroxylation is 1. The Hall–Kier alpha value is -2.95. The highest BCUT2D eigenvalue weighted by atomic mass is 16.2. The first kappa shape index (κ1) is 15.9. The molecule has 122 valence electrons. The summed E-state index contributed by atoms with van der Waals surface area (Å²) >= 11 is 0. The average Bonchev–Trinajstić information content (AvgIpc) is 2.99. The molecule has 1 atom stereocenters. The SMILES string of the molecule is Cc1ccc(/C=N\NC(=O)[C@H]2CC(=O)N(c3ccccc3)C2)cc1. The molecule has 1 saturated heterocycles. The molecule has 0 bridgehead atoms. The number of nitrogens with one attached hydrogen (secondary N) is 1. The van der Waals surface area contributed by atoms with Gasteiger partial charge in [-0.2, -0.15) is 5.10 Å². The van der Waals surface area contributed by atoms with Gasteiger partial charge in [-0.15, -0.1) is 0 Å².